The van der Waals surface area contributed by atoms with E-state index in [-0.39, 0.29) is 33.1 Å². The Balaban J connectivity index is 2.07. The van der Waals surface area contributed by atoms with Gasteiger partial charge in [0.15, 0.2) is 0 Å². The molecule has 0 aromatic heterocycles. The Morgan fingerprint density at radius 1 is 0.951 bits per heavy atom. The van der Waals surface area contributed by atoms with Crippen LogP contribution in [0.5, 0.6) is 5.75 Å². The SMILES string of the molecule is CCCNC(=O)[C@@H](CC)N(Cc1ccc(OC)cc1)C(=O)CN(c1cc(Cl)cc(Cl)c1)S(=O)(=O)c1ccc(C)cc1. The van der Waals surface area contributed by atoms with Gasteiger partial charge in [0.2, 0.25) is 11.8 Å². The van der Waals surface area contributed by atoms with Gasteiger partial charge in [0.05, 0.1) is 17.7 Å². The first-order chi connectivity index (χ1) is 19.5. The van der Waals surface area contributed by atoms with Gasteiger partial charge in [-0.05, 0) is 67.8 Å². The largest absolute Gasteiger partial charge is 0.497 e. The summed E-state index contributed by atoms with van der Waals surface area (Å²) in [6, 6.07) is 17.0. The number of nitrogens with zero attached hydrogens (tertiary/aromatic N) is 2. The summed E-state index contributed by atoms with van der Waals surface area (Å²) in [5.41, 5.74) is 1.76. The number of carbonyl (C=O) groups is 2. The van der Waals surface area contributed by atoms with Crippen molar-refractivity contribution in [2.75, 3.05) is 24.5 Å². The molecule has 220 valence electrons. The lowest BCUT2D eigenvalue weighted by Crippen LogP contribution is -2.52. The van der Waals surface area contributed by atoms with E-state index in [9.17, 15) is 18.0 Å². The van der Waals surface area contributed by atoms with Crippen LogP contribution in [-0.2, 0) is 26.2 Å². The van der Waals surface area contributed by atoms with Crippen molar-refractivity contribution >= 4 is 50.7 Å². The standard InChI is InChI=1S/C30H35Cl2N3O5S/c1-5-15-33-30(37)28(6-2)34(19-22-9-11-26(40-4)12-10-22)29(36)20-35(25-17-23(31)16-24(32)18-25)41(38,39)27-13-7-21(3)8-14-27/h7-14,16-18,28H,5-6,15,19-20H2,1-4H3,(H,33,37)/t28-/m1/s1. The third kappa shape index (κ3) is 8.38. The Labute approximate surface area is 252 Å². The molecule has 0 aliphatic rings. The summed E-state index contributed by atoms with van der Waals surface area (Å²) in [7, 11) is -2.67. The van der Waals surface area contributed by atoms with Crippen molar-refractivity contribution in [3.05, 3.63) is 87.9 Å². The van der Waals surface area contributed by atoms with Crippen LogP contribution >= 0.6 is 23.2 Å². The first kappa shape index (κ1) is 32.2. The minimum absolute atomic E-state index is 0.00133. The lowest BCUT2D eigenvalue weighted by atomic mass is 10.1. The fraction of sp³-hybridized carbons (Fsp3) is 0.333. The van der Waals surface area contributed by atoms with E-state index in [0.29, 0.717) is 18.7 Å². The molecule has 0 unspecified atom stereocenters. The minimum atomic E-state index is -4.23. The van der Waals surface area contributed by atoms with E-state index in [1.54, 1.807) is 43.5 Å². The molecule has 0 spiro atoms. The summed E-state index contributed by atoms with van der Waals surface area (Å²) >= 11 is 12.5. The molecule has 0 aliphatic heterocycles. The van der Waals surface area contributed by atoms with Crippen LogP contribution in [0.1, 0.15) is 37.8 Å². The lowest BCUT2D eigenvalue weighted by molar-refractivity contribution is -0.140. The van der Waals surface area contributed by atoms with Crippen molar-refractivity contribution in [2.45, 2.75) is 51.1 Å². The molecule has 0 aliphatic carbocycles. The van der Waals surface area contributed by atoms with E-state index in [2.05, 4.69) is 5.32 Å². The fourth-order valence-corrected chi connectivity index (χ4v) is 6.17. The number of carbonyl (C=O) groups excluding carboxylic acids is 2. The van der Waals surface area contributed by atoms with Gasteiger partial charge in [-0.1, -0.05) is 66.9 Å². The third-order valence-electron chi connectivity index (χ3n) is 6.47. The summed E-state index contributed by atoms with van der Waals surface area (Å²) < 4.78 is 34.1. The van der Waals surface area contributed by atoms with Gasteiger partial charge in [-0.2, -0.15) is 0 Å². The molecule has 3 aromatic carbocycles. The third-order valence-corrected chi connectivity index (χ3v) is 8.69. The summed E-state index contributed by atoms with van der Waals surface area (Å²) in [5.74, 6) is -0.228. The van der Waals surface area contributed by atoms with Gasteiger partial charge in [-0.15, -0.1) is 0 Å². The van der Waals surface area contributed by atoms with Crippen molar-refractivity contribution in [3.63, 3.8) is 0 Å². The Morgan fingerprint density at radius 2 is 1.56 bits per heavy atom. The molecular formula is C30H35Cl2N3O5S. The predicted octanol–water partition coefficient (Wildman–Crippen LogP) is 5.84. The number of sulfonamides is 1. The number of nitrogens with one attached hydrogen (secondary N) is 1. The predicted molar refractivity (Wildman–Crippen MR) is 163 cm³/mol. The zero-order valence-corrected chi connectivity index (χ0v) is 25.9. The zero-order chi connectivity index (χ0) is 30.2. The van der Waals surface area contributed by atoms with Crippen molar-refractivity contribution in [2.24, 2.45) is 0 Å². The molecule has 3 aromatic rings. The van der Waals surface area contributed by atoms with Gasteiger partial charge in [0.25, 0.3) is 10.0 Å². The van der Waals surface area contributed by atoms with Crippen molar-refractivity contribution < 1.29 is 22.7 Å². The van der Waals surface area contributed by atoms with Crippen LogP contribution in [0.15, 0.2) is 71.6 Å². The number of amides is 2. The number of rotatable bonds is 13. The van der Waals surface area contributed by atoms with E-state index in [4.69, 9.17) is 27.9 Å². The van der Waals surface area contributed by atoms with E-state index in [1.807, 2.05) is 20.8 Å². The van der Waals surface area contributed by atoms with E-state index in [1.165, 1.54) is 35.2 Å². The Kier molecular flexibility index (Phi) is 11.5. The summed E-state index contributed by atoms with van der Waals surface area (Å²) in [6.45, 7) is 5.54. The highest BCUT2D eigenvalue weighted by atomic mass is 35.5. The van der Waals surface area contributed by atoms with Crippen LogP contribution in [0.25, 0.3) is 0 Å². The number of methoxy groups -OCH3 is 1. The monoisotopic (exact) mass is 619 g/mol. The molecule has 41 heavy (non-hydrogen) atoms. The second kappa shape index (κ2) is 14.6. The number of hydrogen-bond donors (Lipinski definition) is 1. The number of halogens is 2. The van der Waals surface area contributed by atoms with Crippen LogP contribution < -0.4 is 14.4 Å². The van der Waals surface area contributed by atoms with Gasteiger partial charge < -0.3 is 15.0 Å². The van der Waals surface area contributed by atoms with Crippen molar-refractivity contribution in [1.82, 2.24) is 10.2 Å². The van der Waals surface area contributed by atoms with Crippen molar-refractivity contribution in [3.8, 4) is 5.75 Å². The molecule has 8 nitrogen and oxygen atoms in total. The summed E-state index contributed by atoms with van der Waals surface area (Å²) in [6.07, 6.45) is 1.05. The van der Waals surface area contributed by atoms with Crippen LogP contribution in [0.3, 0.4) is 0 Å². The molecule has 0 radical (unpaired) electrons. The smallest absolute Gasteiger partial charge is 0.264 e. The first-order valence-electron chi connectivity index (χ1n) is 13.3. The van der Waals surface area contributed by atoms with Gasteiger partial charge in [-0.25, -0.2) is 8.42 Å². The Bertz CT molecular complexity index is 1430. The quantitative estimate of drug-likeness (QED) is 0.259. The average molecular weight is 621 g/mol. The molecule has 2 amide bonds. The van der Waals surface area contributed by atoms with E-state index in [0.717, 1.165) is 21.9 Å². The maximum absolute atomic E-state index is 14.1. The summed E-state index contributed by atoms with van der Waals surface area (Å²) in [4.78, 5) is 28.7. The normalized spacial score (nSPS) is 12.0. The van der Waals surface area contributed by atoms with Crippen LogP contribution in [-0.4, -0.2) is 51.4 Å². The van der Waals surface area contributed by atoms with Crippen LogP contribution in [0, 0.1) is 6.92 Å². The molecule has 1 N–H and O–H groups in total. The molecular weight excluding hydrogens is 585 g/mol. The maximum atomic E-state index is 14.1. The highest BCUT2D eigenvalue weighted by molar-refractivity contribution is 7.92. The highest BCUT2D eigenvalue weighted by Crippen LogP contribution is 2.30. The van der Waals surface area contributed by atoms with Crippen molar-refractivity contribution in [1.29, 1.82) is 0 Å². The maximum Gasteiger partial charge on any atom is 0.264 e. The number of benzene rings is 3. The molecule has 11 heteroatoms. The van der Waals surface area contributed by atoms with E-state index < -0.39 is 28.5 Å². The first-order valence-corrected chi connectivity index (χ1v) is 15.4. The van der Waals surface area contributed by atoms with Gasteiger partial charge in [-0.3, -0.25) is 13.9 Å². The van der Waals surface area contributed by atoms with E-state index >= 15 is 0 Å². The number of ether oxygens (including phenoxy) is 1. The molecule has 0 saturated heterocycles. The topological polar surface area (TPSA) is 96.0 Å². The zero-order valence-electron chi connectivity index (χ0n) is 23.6. The highest BCUT2D eigenvalue weighted by Gasteiger charge is 2.34. The lowest BCUT2D eigenvalue weighted by Gasteiger charge is -2.33. The average Bonchev–Trinajstić information content (AvgIpc) is 2.94. The number of hydrogen-bond acceptors (Lipinski definition) is 5. The molecule has 0 fully saturated rings. The molecule has 0 heterocycles. The Morgan fingerprint density at radius 3 is 2.10 bits per heavy atom. The molecule has 1 atom stereocenters. The van der Waals surface area contributed by atoms with Crippen LogP contribution in [0.4, 0.5) is 5.69 Å². The van der Waals surface area contributed by atoms with Gasteiger partial charge >= 0.3 is 0 Å². The van der Waals surface area contributed by atoms with Gasteiger partial charge in [0.1, 0.15) is 18.3 Å². The van der Waals surface area contributed by atoms with Gasteiger partial charge in [0, 0.05) is 23.1 Å². The van der Waals surface area contributed by atoms with Crippen LogP contribution in [0.2, 0.25) is 10.0 Å². The second-order valence-corrected chi connectivity index (χ2v) is 12.3. The molecule has 0 saturated carbocycles. The number of aryl methyl sites for hydroxylation is 1. The molecule has 0 bridgehead atoms. The second-order valence-electron chi connectivity index (χ2n) is 9.54. The fourth-order valence-electron chi connectivity index (χ4n) is 4.26. The number of anilines is 1. The Hall–Kier alpha value is -3.27. The molecule has 3 rings (SSSR count). The summed E-state index contributed by atoms with van der Waals surface area (Å²) in [5, 5.41) is 3.29. The minimum Gasteiger partial charge on any atom is -0.497 e.